The van der Waals surface area contributed by atoms with E-state index < -0.39 is 23.6 Å². The van der Waals surface area contributed by atoms with Crippen molar-refractivity contribution in [3.63, 3.8) is 0 Å². The van der Waals surface area contributed by atoms with Crippen molar-refractivity contribution in [1.29, 1.82) is 5.26 Å². The topological polar surface area (TPSA) is 76.2 Å². The molecular formula is C9H6F2N2O3. The van der Waals surface area contributed by atoms with Gasteiger partial charge in [0.25, 0.3) is 12.1 Å². The normalized spacial score (nSPS) is 9.88. The lowest BCUT2D eigenvalue weighted by Gasteiger charge is -2.05. The molecule has 16 heavy (non-hydrogen) atoms. The van der Waals surface area contributed by atoms with E-state index >= 15 is 0 Å². The molecule has 7 heteroatoms. The number of nitrogens with zero attached hydrogens (tertiary/aromatic N) is 2. The van der Waals surface area contributed by atoms with Gasteiger partial charge in [-0.2, -0.15) is 5.26 Å². The van der Waals surface area contributed by atoms with Gasteiger partial charge in [0, 0.05) is 0 Å². The molecule has 0 saturated carbocycles. The second-order valence-corrected chi connectivity index (χ2v) is 2.75. The standard InChI is InChI=1S/C9H6F2N2O3/c10-9(11)5-16-7-2-1-6(4-12)8(3-7)13(14)15/h1-3,9H,5H2. The second-order valence-electron chi connectivity index (χ2n) is 2.75. The van der Waals surface area contributed by atoms with Crippen LogP contribution in [0.5, 0.6) is 5.75 Å². The molecule has 0 aliphatic heterocycles. The van der Waals surface area contributed by atoms with Gasteiger partial charge in [-0.1, -0.05) is 0 Å². The maximum atomic E-state index is 11.8. The molecule has 0 aliphatic carbocycles. The maximum absolute atomic E-state index is 11.8. The highest BCUT2D eigenvalue weighted by Crippen LogP contribution is 2.24. The molecule has 0 radical (unpaired) electrons. The molecular weight excluding hydrogens is 222 g/mol. The van der Waals surface area contributed by atoms with E-state index in [4.69, 9.17) is 5.26 Å². The molecule has 0 aromatic heterocycles. The van der Waals surface area contributed by atoms with Crippen LogP contribution in [0.1, 0.15) is 5.56 Å². The van der Waals surface area contributed by atoms with Crippen LogP contribution in [0.2, 0.25) is 0 Å². The van der Waals surface area contributed by atoms with Gasteiger partial charge >= 0.3 is 0 Å². The number of alkyl halides is 2. The summed E-state index contributed by atoms with van der Waals surface area (Å²) in [4.78, 5) is 9.75. The molecule has 1 aromatic rings. The zero-order chi connectivity index (χ0) is 12.1. The SMILES string of the molecule is N#Cc1ccc(OCC(F)F)cc1[N+](=O)[O-]. The fraction of sp³-hybridized carbons (Fsp3) is 0.222. The molecule has 1 rings (SSSR count). The van der Waals surface area contributed by atoms with E-state index in [9.17, 15) is 18.9 Å². The smallest absolute Gasteiger partial charge is 0.290 e. The Hall–Kier alpha value is -2.23. The summed E-state index contributed by atoms with van der Waals surface area (Å²) in [6.45, 7) is -0.844. The highest BCUT2D eigenvalue weighted by Gasteiger charge is 2.15. The summed E-state index contributed by atoms with van der Waals surface area (Å²) in [7, 11) is 0. The number of nitro benzene ring substituents is 1. The first-order chi connectivity index (χ1) is 7.54. The molecule has 0 heterocycles. The van der Waals surface area contributed by atoms with Crippen LogP contribution in [0.4, 0.5) is 14.5 Å². The van der Waals surface area contributed by atoms with Crippen molar-refractivity contribution < 1.29 is 18.4 Å². The Labute approximate surface area is 89.0 Å². The van der Waals surface area contributed by atoms with E-state index in [1.807, 2.05) is 0 Å². The number of rotatable bonds is 4. The van der Waals surface area contributed by atoms with Crippen LogP contribution in [-0.2, 0) is 0 Å². The van der Waals surface area contributed by atoms with Gasteiger partial charge in [-0.05, 0) is 12.1 Å². The number of benzene rings is 1. The fourth-order valence-corrected chi connectivity index (χ4v) is 1.01. The van der Waals surface area contributed by atoms with E-state index in [2.05, 4.69) is 4.74 Å². The number of hydrogen-bond donors (Lipinski definition) is 0. The first kappa shape index (κ1) is 11.8. The quantitative estimate of drug-likeness (QED) is 0.584. The largest absolute Gasteiger partial charge is 0.487 e. The monoisotopic (exact) mass is 228 g/mol. The first-order valence-electron chi connectivity index (χ1n) is 4.14. The highest BCUT2D eigenvalue weighted by molar-refractivity contribution is 5.52. The third-order valence-corrected chi connectivity index (χ3v) is 1.66. The second kappa shape index (κ2) is 5.02. The van der Waals surface area contributed by atoms with Gasteiger partial charge in [0.1, 0.15) is 24.0 Å². The van der Waals surface area contributed by atoms with E-state index in [0.717, 1.165) is 12.1 Å². The summed E-state index contributed by atoms with van der Waals surface area (Å²) in [5.41, 5.74) is -0.608. The Morgan fingerprint density at radius 3 is 2.75 bits per heavy atom. The van der Waals surface area contributed by atoms with Crippen LogP contribution in [0.15, 0.2) is 18.2 Å². The predicted molar refractivity (Wildman–Crippen MR) is 49.3 cm³/mol. The van der Waals surface area contributed by atoms with Gasteiger partial charge in [-0.25, -0.2) is 8.78 Å². The predicted octanol–water partition coefficient (Wildman–Crippen LogP) is 2.11. The highest BCUT2D eigenvalue weighted by atomic mass is 19.3. The van der Waals surface area contributed by atoms with Gasteiger partial charge in [-0.15, -0.1) is 0 Å². The van der Waals surface area contributed by atoms with Crippen LogP contribution >= 0.6 is 0 Å². The molecule has 0 atom stereocenters. The number of hydrogen-bond acceptors (Lipinski definition) is 4. The molecule has 0 bridgehead atoms. The number of halogens is 2. The summed E-state index contributed by atoms with van der Waals surface area (Å²) < 4.78 is 28.2. The van der Waals surface area contributed by atoms with Crippen molar-refractivity contribution in [2.24, 2.45) is 0 Å². The molecule has 0 amide bonds. The Kier molecular flexibility index (Phi) is 3.72. The van der Waals surface area contributed by atoms with E-state index in [-0.39, 0.29) is 11.3 Å². The molecule has 0 N–H and O–H groups in total. The van der Waals surface area contributed by atoms with Gasteiger partial charge in [-0.3, -0.25) is 10.1 Å². The van der Waals surface area contributed by atoms with E-state index in [0.29, 0.717) is 0 Å². The average molecular weight is 228 g/mol. The molecule has 0 aliphatic rings. The Bertz CT molecular complexity index is 443. The van der Waals surface area contributed by atoms with Crippen molar-refractivity contribution in [2.75, 3.05) is 6.61 Å². The van der Waals surface area contributed by atoms with Crippen molar-refractivity contribution >= 4 is 5.69 Å². The summed E-state index contributed by atoms with van der Waals surface area (Å²) in [6.07, 6.45) is -2.66. The number of nitriles is 1. The summed E-state index contributed by atoms with van der Waals surface area (Å²) in [5, 5.41) is 19.1. The van der Waals surface area contributed by atoms with Crippen molar-refractivity contribution in [1.82, 2.24) is 0 Å². The van der Waals surface area contributed by atoms with E-state index in [1.165, 1.54) is 6.07 Å². The molecule has 0 unspecified atom stereocenters. The molecule has 5 nitrogen and oxygen atoms in total. The Morgan fingerprint density at radius 2 is 2.25 bits per heavy atom. The lowest BCUT2D eigenvalue weighted by atomic mass is 10.2. The fourth-order valence-electron chi connectivity index (χ4n) is 1.01. The van der Waals surface area contributed by atoms with Crippen LogP contribution in [0.25, 0.3) is 0 Å². The lowest BCUT2D eigenvalue weighted by molar-refractivity contribution is -0.385. The van der Waals surface area contributed by atoms with Crippen molar-refractivity contribution in [3.05, 3.63) is 33.9 Å². The van der Waals surface area contributed by atoms with Gasteiger partial charge < -0.3 is 4.74 Å². The zero-order valence-electron chi connectivity index (χ0n) is 7.89. The number of ether oxygens (including phenoxy) is 1. The summed E-state index contributed by atoms with van der Waals surface area (Å²) in [6, 6.07) is 4.95. The first-order valence-corrected chi connectivity index (χ1v) is 4.14. The van der Waals surface area contributed by atoms with Gasteiger partial charge in [0.05, 0.1) is 11.0 Å². The minimum absolute atomic E-state index is 0.0639. The molecule has 1 aromatic carbocycles. The molecule has 0 fully saturated rings. The van der Waals surface area contributed by atoms with Gasteiger partial charge in [0.15, 0.2) is 0 Å². The van der Waals surface area contributed by atoms with Crippen molar-refractivity contribution in [2.45, 2.75) is 6.43 Å². The van der Waals surface area contributed by atoms with Crippen LogP contribution in [-0.4, -0.2) is 18.0 Å². The number of nitro groups is 1. The zero-order valence-corrected chi connectivity index (χ0v) is 7.89. The average Bonchev–Trinajstić information content (AvgIpc) is 2.25. The van der Waals surface area contributed by atoms with Gasteiger partial charge in [0.2, 0.25) is 0 Å². The minimum atomic E-state index is -2.66. The molecule has 0 saturated heterocycles. The summed E-state index contributed by atoms with van der Waals surface area (Å²) >= 11 is 0. The van der Waals surface area contributed by atoms with Crippen LogP contribution < -0.4 is 4.74 Å². The Morgan fingerprint density at radius 1 is 1.56 bits per heavy atom. The maximum Gasteiger partial charge on any atom is 0.290 e. The van der Waals surface area contributed by atoms with E-state index in [1.54, 1.807) is 6.07 Å². The minimum Gasteiger partial charge on any atom is -0.487 e. The summed E-state index contributed by atoms with van der Waals surface area (Å²) in [5.74, 6) is -0.0639. The lowest BCUT2D eigenvalue weighted by Crippen LogP contribution is -2.07. The third kappa shape index (κ3) is 2.88. The molecule has 84 valence electrons. The third-order valence-electron chi connectivity index (χ3n) is 1.66. The van der Waals surface area contributed by atoms with Crippen LogP contribution in [0.3, 0.4) is 0 Å². The van der Waals surface area contributed by atoms with Crippen LogP contribution in [0, 0.1) is 21.4 Å². The van der Waals surface area contributed by atoms with Crippen molar-refractivity contribution in [3.8, 4) is 11.8 Å². The Balaban J connectivity index is 2.95. The molecule has 0 spiro atoms.